The van der Waals surface area contributed by atoms with Gasteiger partial charge in [-0.2, -0.15) is 8.78 Å². The van der Waals surface area contributed by atoms with E-state index in [1.807, 2.05) is 0 Å². The highest BCUT2D eigenvalue weighted by Crippen LogP contribution is 2.19. The molecule has 2 N–H and O–H groups in total. The van der Waals surface area contributed by atoms with Gasteiger partial charge in [0, 0.05) is 6.20 Å². The average Bonchev–Trinajstić information content (AvgIpc) is 2.50. The van der Waals surface area contributed by atoms with E-state index in [0.717, 1.165) is 0 Å². The number of carbonyl (C=O) groups is 1. The Balaban J connectivity index is 2.44. The molecule has 0 atom stereocenters. The summed E-state index contributed by atoms with van der Waals surface area (Å²) in [4.78, 5) is 10.6. The van der Waals surface area contributed by atoms with Gasteiger partial charge in [0.2, 0.25) is 0 Å². The lowest BCUT2D eigenvalue weighted by molar-refractivity contribution is 0.0832. The van der Waals surface area contributed by atoms with E-state index < -0.39 is 17.3 Å². The molecule has 72 valence electrons. The molecule has 0 aromatic carbocycles. The molecule has 0 saturated carbocycles. The van der Waals surface area contributed by atoms with Crippen LogP contribution in [-0.2, 0) is 0 Å². The number of aromatic nitrogens is 1. The Morgan fingerprint density at radius 1 is 1.69 bits per heavy atom. The van der Waals surface area contributed by atoms with Gasteiger partial charge < -0.3 is 10.3 Å². The minimum absolute atomic E-state index is 0.261. The Bertz CT molecular complexity index is 281. The lowest BCUT2D eigenvalue weighted by atomic mass is 10.4. The van der Waals surface area contributed by atoms with Gasteiger partial charge in [-0.3, -0.25) is 4.79 Å². The van der Waals surface area contributed by atoms with E-state index in [1.54, 1.807) is 12.3 Å². The van der Waals surface area contributed by atoms with Gasteiger partial charge in [0.05, 0.1) is 6.54 Å². The van der Waals surface area contributed by atoms with Crippen LogP contribution in [0.1, 0.15) is 10.5 Å². The number of rotatable bonds is 3. The van der Waals surface area contributed by atoms with Crippen molar-refractivity contribution in [3.8, 4) is 0 Å². The summed E-state index contributed by atoms with van der Waals surface area (Å²) < 4.78 is 24.4. The maximum atomic E-state index is 12.2. The zero-order valence-electron chi connectivity index (χ0n) is 6.48. The van der Waals surface area contributed by atoms with Gasteiger partial charge in [0.15, 0.2) is 0 Å². The Labute approximate surface area is 81.6 Å². The molecule has 1 heterocycles. The first-order valence-electron chi connectivity index (χ1n) is 3.47. The van der Waals surface area contributed by atoms with E-state index in [2.05, 4.69) is 26.2 Å². The molecular weight excluding hydrogens is 246 g/mol. The van der Waals surface area contributed by atoms with Crippen molar-refractivity contribution < 1.29 is 13.6 Å². The van der Waals surface area contributed by atoms with Crippen LogP contribution in [0.15, 0.2) is 18.3 Å². The molecule has 1 amide bonds. The van der Waals surface area contributed by atoms with Crippen LogP contribution in [0, 0.1) is 0 Å². The summed E-state index contributed by atoms with van der Waals surface area (Å²) in [5.74, 6) is -0.552. The van der Waals surface area contributed by atoms with E-state index in [0.29, 0.717) is 0 Å². The second-order valence-electron chi connectivity index (χ2n) is 2.38. The summed E-state index contributed by atoms with van der Waals surface area (Å²) in [5.41, 5.74) is 0.261. The molecule has 0 aliphatic heterocycles. The standard InChI is InChI=1S/C7H7BrF2N2O/c8-7(9,10)4-12-6(13)5-2-1-3-11-5/h1-3,11H,4H2,(H,12,13). The summed E-state index contributed by atoms with van der Waals surface area (Å²) in [6.07, 6.45) is 1.54. The van der Waals surface area contributed by atoms with Crippen molar-refractivity contribution in [2.45, 2.75) is 4.83 Å². The quantitative estimate of drug-likeness (QED) is 0.791. The molecule has 0 fully saturated rings. The summed E-state index contributed by atoms with van der Waals surface area (Å²) in [6.45, 7) is -0.731. The highest BCUT2D eigenvalue weighted by Gasteiger charge is 2.24. The van der Waals surface area contributed by atoms with Crippen molar-refractivity contribution in [2.75, 3.05) is 6.54 Å². The molecule has 0 aliphatic rings. The molecule has 0 unspecified atom stereocenters. The maximum absolute atomic E-state index is 12.2. The highest BCUT2D eigenvalue weighted by molar-refractivity contribution is 9.10. The Kier molecular flexibility index (Phi) is 3.02. The van der Waals surface area contributed by atoms with Gasteiger partial charge in [-0.1, -0.05) is 0 Å². The number of alkyl halides is 3. The second-order valence-corrected chi connectivity index (χ2v) is 3.54. The third kappa shape index (κ3) is 3.54. The largest absolute Gasteiger partial charge is 0.357 e. The fraction of sp³-hybridized carbons (Fsp3) is 0.286. The molecule has 13 heavy (non-hydrogen) atoms. The van der Waals surface area contributed by atoms with Crippen LogP contribution in [0.2, 0.25) is 0 Å². The van der Waals surface area contributed by atoms with Crippen LogP contribution in [0.25, 0.3) is 0 Å². The van der Waals surface area contributed by atoms with Crippen LogP contribution in [-0.4, -0.2) is 22.3 Å². The van der Waals surface area contributed by atoms with Crippen LogP contribution in [0.5, 0.6) is 0 Å². The predicted molar refractivity (Wildman–Crippen MR) is 47.0 cm³/mol. The molecule has 1 aromatic rings. The number of carbonyl (C=O) groups excluding carboxylic acids is 1. The van der Waals surface area contributed by atoms with E-state index in [4.69, 9.17) is 0 Å². The molecule has 0 radical (unpaired) electrons. The lowest BCUT2D eigenvalue weighted by Crippen LogP contribution is -2.32. The van der Waals surface area contributed by atoms with Crippen LogP contribution in [0.4, 0.5) is 8.78 Å². The van der Waals surface area contributed by atoms with Gasteiger partial charge in [-0.15, -0.1) is 0 Å². The van der Waals surface area contributed by atoms with Crippen molar-refractivity contribution >= 4 is 21.8 Å². The smallest absolute Gasteiger partial charge is 0.318 e. The molecule has 0 spiro atoms. The van der Waals surface area contributed by atoms with Gasteiger partial charge in [-0.05, 0) is 28.1 Å². The lowest BCUT2D eigenvalue weighted by Gasteiger charge is -2.08. The number of hydrogen-bond donors (Lipinski definition) is 2. The van der Waals surface area contributed by atoms with E-state index in [1.165, 1.54) is 6.07 Å². The zero-order chi connectivity index (χ0) is 9.90. The minimum atomic E-state index is -3.06. The van der Waals surface area contributed by atoms with Crippen LogP contribution < -0.4 is 5.32 Å². The fourth-order valence-corrected chi connectivity index (χ4v) is 0.887. The Hall–Kier alpha value is -0.910. The molecular formula is C7H7BrF2N2O. The third-order valence-corrected chi connectivity index (χ3v) is 1.57. The summed E-state index contributed by atoms with van der Waals surface area (Å²) >= 11 is 2.11. The van der Waals surface area contributed by atoms with Crippen molar-refractivity contribution in [3.05, 3.63) is 24.0 Å². The molecule has 0 saturated heterocycles. The molecule has 3 nitrogen and oxygen atoms in total. The summed E-state index contributed by atoms with van der Waals surface area (Å²) in [7, 11) is 0. The van der Waals surface area contributed by atoms with E-state index in [9.17, 15) is 13.6 Å². The molecule has 6 heteroatoms. The summed E-state index contributed by atoms with van der Waals surface area (Å²) in [5, 5.41) is 2.06. The zero-order valence-corrected chi connectivity index (χ0v) is 8.07. The van der Waals surface area contributed by atoms with E-state index in [-0.39, 0.29) is 5.69 Å². The monoisotopic (exact) mass is 252 g/mol. The third-order valence-electron chi connectivity index (χ3n) is 1.29. The Morgan fingerprint density at radius 2 is 2.38 bits per heavy atom. The maximum Gasteiger partial charge on any atom is 0.318 e. The summed E-state index contributed by atoms with van der Waals surface area (Å²) in [6, 6.07) is 3.11. The first-order valence-corrected chi connectivity index (χ1v) is 4.27. The predicted octanol–water partition coefficient (Wildman–Crippen LogP) is 1.73. The molecule has 1 rings (SSSR count). The number of aromatic amines is 1. The number of H-pyrrole nitrogens is 1. The fourth-order valence-electron chi connectivity index (χ4n) is 0.747. The Morgan fingerprint density at radius 3 is 2.85 bits per heavy atom. The normalized spacial score (nSPS) is 11.3. The first kappa shape index (κ1) is 10.2. The van der Waals surface area contributed by atoms with Crippen LogP contribution >= 0.6 is 15.9 Å². The van der Waals surface area contributed by atoms with E-state index >= 15 is 0 Å². The number of nitrogens with one attached hydrogen (secondary N) is 2. The average molecular weight is 253 g/mol. The van der Waals surface area contributed by atoms with Gasteiger partial charge in [0.1, 0.15) is 5.69 Å². The first-order chi connectivity index (χ1) is 5.99. The topological polar surface area (TPSA) is 44.9 Å². The highest BCUT2D eigenvalue weighted by atomic mass is 79.9. The van der Waals surface area contributed by atoms with Gasteiger partial charge in [-0.25, -0.2) is 0 Å². The number of hydrogen-bond acceptors (Lipinski definition) is 1. The molecule has 0 bridgehead atoms. The number of amides is 1. The van der Waals surface area contributed by atoms with Gasteiger partial charge >= 0.3 is 4.83 Å². The molecule has 0 aliphatic carbocycles. The van der Waals surface area contributed by atoms with Crippen molar-refractivity contribution in [1.82, 2.24) is 10.3 Å². The van der Waals surface area contributed by atoms with Crippen LogP contribution in [0.3, 0.4) is 0 Å². The van der Waals surface area contributed by atoms with Crippen molar-refractivity contribution in [3.63, 3.8) is 0 Å². The van der Waals surface area contributed by atoms with Crippen molar-refractivity contribution in [2.24, 2.45) is 0 Å². The molecule has 1 aromatic heterocycles. The second kappa shape index (κ2) is 3.87. The minimum Gasteiger partial charge on any atom is -0.357 e. The van der Waals surface area contributed by atoms with Gasteiger partial charge in [0.25, 0.3) is 5.91 Å². The van der Waals surface area contributed by atoms with Crippen molar-refractivity contribution in [1.29, 1.82) is 0 Å². The SMILES string of the molecule is O=C(NCC(F)(F)Br)c1ccc[nH]1. The number of halogens is 3.